The van der Waals surface area contributed by atoms with Crippen LogP contribution in [0.5, 0.6) is 0 Å². The Morgan fingerprint density at radius 1 is 1.00 bits per heavy atom. The van der Waals surface area contributed by atoms with E-state index in [0.717, 1.165) is 5.56 Å². The molecule has 0 aromatic heterocycles. The van der Waals surface area contributed by atoms with Crippen LogP contribution in [-0.2, 0) is 19.6 Å². The molecule has 0 saturated carbocycles. The average Bonchev–Trinajstić information content (AvgIpc) is 2.68. The largest absolute Gasteiger partial charge is 0.462 e. The minimum absolute atomic E-state index is 0.0548. The lowest BCUT2D eigenvalue weighted by Gasteiger charge is -2.15. The second-order valence-electron chi connectivity index (χ2n) is 6.11. The van der Waals surface area contributed by atoms with Crippen molar-refractivity contribution in [3.8, 4) is 0 Å². The molecule has 28 heavy (non-hydrogen) atoms. The summed E-state index contributed by atoms with van der Waals surface area (Å²) in [7, 11) is -3.77. The standard InChI is InChI=1S/C20H24N2O5S/c1-4-19(23)21-17-10-6-15(7-11-17)14(3)22-28(25,26)18-12-8-16(9-13-18)20(24)27-5-2/h6-14,22H,4-5H2,1-3H3,(H,21,23). The fraction of sp³-hybridized carbons (Fsp3) is 0.300. The number of ether oxygens (including phenoxy) is 1. The third kappa shape index (κ3) is 5.64. The lowest BCUT2D eigenvalue weighted by molar-refractivity contribution is -0.115. The van der Waals surface area contributed by atoms with Gasteiger partial charge in [-0.25, -0.2) is 17.9 Å². The molecule has 7 nitrogen and oxygen atoms in total. The molecule has 8 heteroatoms. The minimum atomic E-state index is -3.77. The smallest absolute Gasteiger partial charge is 0.338 e. The topological polar surface area (TPSA) is 102 Å². The number of nitrogens with one attached hydrogen (secondary N) is 2. The molecule has 0 aliphatic heterocycles. The highest BCUT2D eigenvalue weighted by Crippen LogP contribution is 2.20. The molecule has 1 unspecified atom stereocenters. The number of carbonyl (C=O) groups excluding carboxylic acids is 2. The Morgan fingerprint density at radius 3 is 2.14 bits per heavy atom. The lowest BCUT2D eigenvalue weighted by Crippen LogP contribution is -2.27. The third-order valence-electron chi connectivity index (χ3n) is 4.02. The maximum Gasteiger partial charge on any atom is 0.338 e. The third-order valence-corrected chi connectivity index (χ3v) is 5.58. The Hall–Kier alpha value is -2.71. The zero-order valence-corrected chi connectivity index (χ0v) is 16.9. The van der Waals surface area contributed by atoms with Crippen molar-refractivity contribution in [3.63, 3.8) is 0 Å². The van der Waals surface area contributed by atoms with Crippen LogP contribution in [0, 0.1) is 0 Å². The van der Waals surface area contributed by atoms with E-state index in [1.165, 1.54) is 24.3 Å². The van der Waals surface area contributed by atoms with Gasteiger partial charge in [0.05, 0.1) is 17.1 Å². The molecule has 2 aromatic carbocycles. The summed E-state index contributed by atoms with van der Waals surface area (Å²) in [5, 5.41) is 2.74. The van der Waals surface area contributed by atoms with E-state index in [2.05, 4.69) is 10.0 Å². The minimum Gasteiger partial charge on any atom is -0.462 e. The van der Waals surface area contributed by atoms with Crippen molar-refractivity contribution in [2.24, 2.45) is 0 Å². The molecule has 2 rings (SSSR count). The van der Waals surface area contributed by atoms with Gasteiger partial charge in [0.25, 0.3) is 0 Å². The van der Waals surface area contributed by atoms with Crippen LogP contribution in [0.25, 0.3) is 0 Å². The summed E-state index contributed by atoms with van der Waals surface area (Å²) in [6.45, 7) is 5.44. The van der Waals surface area contributed by atoms with Crippen LogP contribution in [0.4, 0.5) is 5.69 Å². The number of benzene rings is 2. The van der Waals surface area contributed by atoms with Gasteiger partial charge in [-0.2, -0.15) is 0 Å². The second kappa shape index (κ2) is 9.48. The second-order valence-corrected chi connectivity index (χ2v) is 7.83. The highest BCUT2D eigenvalue weighted by atomic mass is 32.2. The number of rotatable bonds is 8. The Bertz CT molecular complexity index is 922. The van der Waals surface area contributed by atoms with Gasteiger partial charge in [0, 0.05) is 18.2 Å². The van der Waals surface area contributed by atoms with Crippen molar-refractivity contribution in [1.82, 2.24) is 4.72 Å². The number of esters is 1. The van der Waals surface area contributed by atoms with E-state index in [1.54, 1.807) is 45.0 Å². The van der Waals surface area contributed by atoms with E-state index in [1.807, 2.05) is 0 Å². The highest BCUT2D eigenvalue weighted by Gasteiger charge is 2.19. The van der Waals surface area contributed by atoms with Gasteiger partial charge in [-0.05, 0) is 55.8 Å². The zero-order chi connectivity index (χ0) is 20.7. The van der Waals surface area contributed by atoms with Gasteiger partial charge < -0.3 is 10.1 Å². The summed E-state index contributed by atoms with van der Waals surface area (Å²) in [4.78, 5) is 23.1. The normalized spacial score (nSPS) is 12.2. The molecule has 0 bridgehead atoms. The van der Waals surface area contributed by atoms with Gasteiger partial charge in [-0.1, -0.05) is 19.1 Å². The fourth-order valence-electron chi connectivity index (χ4n) is 2.46. The number of hydrogen-bond donors (Lipinski definition) is 2. The summed E-state index contributed by atoms with van der Waals surface area (Å²) < 4.78 is 32.7. The van der Waals surface area contributed by atoms with Crippen molar-refractivity contribution in [3.05, 3.63) is 59.7 Å². The Kier molecular flexibility index (Phi) is 7.31. The van der Waals surface area contributed by atoms with Crippen LogP contribution in [0.3, 0.4) is 0 Å². The monoisotopic (exact) mass is 404 g/mol. The number of sulfonamides is 1. The fourth-order valence-corrected chi connectivity index (χ4v) is 3.69. The number of anilines is 1. The summed E-state index contributed by atoms with van der Waals surface area (Å²) in [6, 6.07) is 12.0. The molecule has 0 aliphatic carbocycles. The molecular formula is C20H24N2O5S. The van der Waals surface area contributed by atoms with E-state index in [0.29, 0.717) is 17.7 Å². The molecule has 150 valence electrons. The van der Waals surface area contributed by atoms with Crippen LogP contribution in [0.15, 0.2) is 53.4 Å². The van der Waals surface area contributed by atoms with Gasteiger partial charge in [-0.3, -0.25) is 4.79 Å². The lowest BCUT2D eigenvalue weighted by atomic mass is 10.1. The van der Waals surface area contributed by atoms with Crippen molar-refractivity contribution in [1.29, 1.82) is 0 Å². The molecular weight excluding hydrogens is 380 g/mol. The van der Waals surface area contributed by atoms with E-state index in [9.17, 15) is 18.0 Å². The Balaban J connectivity index is 2.08. The van der Waals surface area contributed by atoms with E-state index >= 15 is 0 Å². The summed E-state index contributed by atoms with van der Waals surface area (Å²) in [6.07, 6.45) is 0.382. The van der Waals surface area contributed by atoms with Crippen molar-refractivity contribution in [2.45, 2.75) is 38.1 Å². The van der Waals surface area contributed by atoms with Gasteiger partial charge in [0.15, 0.2) is 0 Å². The number of carbonyl (C=O) groups is 2. The Morgan fingerprint density at radius 2 is 1.61 bits per heavy atom. The van der Waals surface area contributed by atoms with Gasteiger partial charge in [0.2, 0.25) is 15.9 Å². The predicted molar refractivity (Wildman–Crippen MR) is 106 cm³/mol. The van der Waals surface area contributed by atoms with Crippen LogP contribution in [-0.4, -0.2) is 26.9 Å². The summed E-state index contributed by atoms with van der Waals surface area (Å²) in [5.41, 5.74) is 1.69. The first-order chi connectivity index (χ1) is 13.3. The van der Waals surface area contributed by atoms with Gasteiger partial charge in [0.1, 0.15) is 0 Å². The predicted octanol–water partition coefficient (Wildman–Crippen LogP) is 3.25. The Labute approximate surface area is 165 Å². The molecule has 0 heterocycles. The first-order valence-electron chi connectivity index (χ1n) is 8.96. The molecule has 2 aromatic rings. The maximum atomic E-state index is 12.6. The molecule has 1 amide bonds. The molecule has 2 N–H and O–H groups in total. The highest BCUT2D eigenvalue weighted by molar-refractivity contribution is 7.89. The summed E-state index contributed by atoms with van der Waals surface area (Å²) in [5.74, 6) is -0.587. The molecule has 0 spiro atoms. The van der Waals surface area contributed by atoms with Crippen molar-refractivity contribution in [2.75, 3.05) is 11.9 Å². The molecule has 0 fully saturated rings. The van der Waals surface area contributed by atoms with Crippen molar-refractivity contribution >= 4 is 27.6 Å². The van der Waals surface area contributed by atoms with Crippen LogP contribution >= 0.6 is 0 Å². The quantitative estimate of drug-likeness (QED) is 0.658. The molecule has 1 atom stereocenters. The van der Waals surface area contributed by atoms with E-state index < -0.39 is 22.0 Å². The van der Waals surface area contributed by atoms with E-state index in [-0.39, 0.29) is 17.4 Å². The van der Waals surface area contributed by atoms with Gasteiger partial charge in [-0.15, -0.1) is 0 Å². The maximum absolute atomic E-state index is 12.6. The first-order valence-corrected chi connectivity index (χ1v) is 10.4. The SMILES string of the molecule is CCOC(=O)c1ccc(S(=O)(=O)NC(C)c2ccc(NC(=O)CC)cc2)cc1. The number of amides is 1. The van der Waals surface area contributed by atoms with E-state index in [4.69, 9.17) is 4.74 Å². The zero-order valence-electron chi connectivity index (χ0n) is 16.1. The number of hydrogen-bond acceptors (Lipinski definition) is 5. The summed E-state index contributed by atoms with van der Waals surface area (Å²) >= 11 is 0. The first kappa shape index (κ1) is 21.6. The molecule has 0 radical (unpaired) electrons. The van der Waals surface area contributed by atoms with Gasteiger partial charge >= 0.3 is 5.97 Å². The molecule has 0 aliphatic rings. The van der Waals surface area contributed by atoms with Crippen molar-refractivity contribution < 1.29 is 22.7 Å². The molecule has 0 saturated heterocycles. The average molecular weight is 404 g/mol. The van der Waals surface area contributed by atoms with Crippen LogP contribution in [0.1, 0.15) is 49.2 Å². The van der Waals surface area contributed by atoms with Crippen LogP contribution in [0.2, 0.25) is 0 Å². The van der Waals surface area contributed by atoms with Crippen LogP contribution < -0.4 is 10.0 Å².